The van der Waals surface area contributed by atoms with Crippen LogP contribution < -0.4 is 4.72 Å². The van der Waals surface area contributed by atoms with Crippen LogP contribution in [0.3, 0.4) is 0 Å². The Morgan fingerprint density at radius 2 is 1.86 bits per heavy atom. The van der Waals surface area contributed by atoms with Crippen molar-refractivity contribution in [2.24, 2.45) is 0 Å². The Hall–Kier alpha value is -4.11. The number of nitrogens with one attached hydrogen (secondary N) is 1. The van der Waals surface area contributed by atoms with Crippen LogP contribution in [0.1, 0.15) is 28.4 Å². The van der Waals surface area contributed by atoms with Crippen LogP contribution in [0.5, 0.6) is 0 Å². The Balaban J connectivity index is 1.46. The van der Waals surface area contributed by atoms with Gasteiger partial charge in [0, 0.05) is 35.5 Å². The van der Waals surface area contributed by atoms with Gasteiger partial charge in [-0.1, -0.05) is 12.1 Å². The second-order valence-electron chi connectivity index (χ2n) is 9.95. The first-order chi connectivity index (χ1) is 19.9. The van der Waals surface area contributed by atoms with Crippen LogP contribution in [0.4, 0.5) is 4.39 Å². The number of ketones is 1. The lowest BCUT2D eigenvalue weighted by atomic mass is 10.0. The van der Waals surface area contributed by atoms with Gasteiger partial charge in [-0.05, 0) is 52.7 Å². The summed E-state index contributed by atoms with van der Waals surface area (Å²) in [4.78, 5) is 53.3. The summed E-state index contributed by atoms with van der Waals surface area (Å²) in [5.74, 6) is -1.34. The van der Waals surface area contributed by atoms with E-state index in [0.717, 1.165) is 6.26 Å². The summed E-state index contributed by atoms with van der Waals surface area (Å²) in [6.07, 6.45) is 2.45. The molecule has 0 saturated carbocycles. The van der Waals surface area contributed by atoms with Crippen molar-refractivity contribution >= 4 is 54.5 Å². The van der Waals surface area contributed by atoms with Crippen LogP contribution in [0, 0.1) is 6.92 Å². The number of rotatable bonds is 8. The van der Waals surface area contributed by atoms with Crippen LogP contribution in [0.2, 0.25) is 0 Å². The van der Waals surface area contributed by atoms with Crippen molar-refractivity contribution in [2.75, 3.05) is 12.8 Å². The predicted molar refractivity (Wildman–Crippen MR) is 153 cm³/mol. The number of nitrogens with zero attached hydrogens (tertiary/aromatic N) is 6. The molecule has 5 rings (SSSR count). The molecule has 0 unspecified atom stereocenters. The summed E-state index contributed by atoms with van der Waals surface area (Å²) in [7, 11) is -3.92. The van der Waals surface area contributed by atoms with E-state index in [1.54, 1.807) is 55.7 Å². The minimum absolute atomic E-state index is 0.0768. The number of carbonyl (C=O) groups excluding carboxylic acids is 3. The molecule has 2 atom stereocenters. The number of hydrogen-bond donors (Lipinski definition) is 1. The van der Waals surface area contributed by atoms with Gasteiger partial charge >= 0.3 is 0 Å². The van der Waals surface area contributed by atoms with E-state index in [4.69, 9.17) is 0 Å². The van der Waals surface area contributed by atoms with E-state index in [-0.39, 0.29) is 36.2 Å². The van der Waals surface area contributed by atoms with E-state index in [9.17, 15) is 27.2 Å². The third-order valence-electron chi connectivity index (χ3n) is 6.71. The molecule has 1 aromatic carbocycles. The third-order valence-corrected chi connectivity index (χ3v) is 7.71. The van der Waals surface area contributed by atoms with E-state index in [1.807, 2.05) is 4.72 Å². The number of fused-ring (bicyclic) bond motifs is 1. The highest BCUT2D eigenvalue weighted by Gasteiger charge is 2.39. The van der Waals surface area contributed by atoms with E-state index in [2.05, 4.69) is 36.0 Å². The van der Waals surface area contributed by atoms with Crippen LogP contribution in [-0.4, -0.2) is 80.7 Å². The van der Waals surface area contributed by atoms with Gasteiger partial charge in [0.25, 0.3) is 5.91 Å². The van der Waals surface area contributed by atoms with Crippen molar-refractivity contribution in [2.45, 2.75) is 38.5 Å². The van der Waals surface area contributed by atoms with Gasteiger partial charge in [-0.15, -0.1) is 0 Å². The Labute approximate surface area is 248 Å². The van der Waals surface area contributed by atoms with Gasteiger partial charge in [0.1, 0.15) is 23.1 Å². The van der Waals surface area contributed by atoms with Crippen LogP contribution >= 0.6 is 15.9 Å². The molecule has 0 aliphatic carbocycles. The van der Waals surface area contributed by atoms with Crippen LogP contribution in [0.25, 0.3) is 22.0 Å². The second kappa shape index (κ2) is 11.6. The predicted octanol–water partition coefficient (Wildman–Crippen LogP) is 2.40. The van der Waals surface area contributed by atoms with E-state index in [1.165, 1.54) is 9.58 Å². The molecular weight excluding hydrogens is 633 g/mol. The fraction of sp³-hybridized carbons (Fsp3) is 0.296. The van der Waals surface area contributed by atoms with Crippen molar-refractivity contribution in [3.8, 4) is 11.1 Å². The van der Waals surface area contributed by atoms with Gasteiger partial charge in [-0.2, -0.15) is 5.10 Å². The molecule has 0 radical (unpaired) electrons. The number of pyridine rings is 1. The zero-order valence-corrected chi connectivity index (χ0v) is 24.9. The first-order valence-corrected chi connectivity index (χ1v) is 15.5. The molecule has 1 aliphatic heterocycles. The van der Waals surface area contributed by atoms with Gasteiger partial charge in [-0.25, -0.2) is 32.5 Å². The molecule has 1 fully saturated rings. The Bertz CT molecular complexity index is 1810. The number of aromatic nitrogens is 5. The quantitative estimate of drug-likeness (QED) is 0.281. The van der Waals surface area contributed by atoms with E-state index in [0.29, 0.717) is 32.8 Å². The maximum atomic E-state index is 14.5. The lowest BCUT2D eigenvalue weighted by molar-refractivity contribution is -0.138. The molecule has 2 amide bonds. The van der Waals surface area contributed by atoms with Gasteiger partial charge in [-0.3, -0.25) is 19.1 Å². The number of alkyl halides is 1. The average molecular weight is 659 g/mol. The lowest BCUT2D eigenvalue weighted by Gasteiger charge is -2.23. The molecule has 0 bridgehead atoms. The van der Waals surface area contributed by atoms with Gasteiger partial charge in [0.05, 0.1) is 30.8 Å². The Morgan fingerprint density at radius 1 is 1.12 bits per heavy atom. The zero-order valence-electron chi connectivity index (χ0n) is 22.5. The number of likely N-dealkylation sites (tertiary alicyclic amines) is 1. The van der Waals surface area contributed by atoms with Crippen molar-refractivity contribution in [3.05, 3.63) is 70.6 Å². The highest BCUT2D eigenvalue weighted by molar-refractivity contribution is 9.10. The normalized spacial score (nSPS) is 17.0. The molecular formula is C27H25BrFN7O5S. The number of Topliss-reactive ketones (excluding diaryl/α,β-unsaturated/α-hetero) is 1. The van der Waals surface area contributed by atoms with Gasteiger partial charge < -0.3 is 4.90 Å². The Morgan fingerprint density at radius 3 is 2.55 bits per heavy atom. The largest absolute Gasteiger partial charge is 0.328 e. The molecule has 1 saturated heterocycles. The highest BCUT2D eigenvalue weighted by atomic mass is 79.9. The van der Waals surface area contributed by atoms with Crippen molar-refractivity contribution in [3.63, 3.8) is 0 Å². The Kier molecular flexibility index (Phi) is 8.14. The molecule has 12 nitrogen and oxygen atoms in total. The monoisotopic (exact) mass is 657 g/mol. The van der Waals surface area contributed by atoms with Crippen molar-refractivity contribution < 1.29 is 27.2 Å². The summed E-state index contributed by atoms with van der Waals surface area (Å²) < 4.78 is 41.8. The number of hydrogen-bond acceptors (Lipinski definition) is 9. The summed E-state index contributed by atoms with van der Waals surface area (Å²) in [5.41, 5.74) is 1.90. The summed E-state index contributed by atoms with van der Waals surface area (Å²) >= 11 is 3.26. The van der Waals surface area contributed by atoms with E-state index < -0.39 is 40.6 Å². The molecule has 4 aromatic rings. The molecule has 1 N–H and O–H groups in total. The first kappa shape index (κ1) is 29.4. The standard InChI is InChI=1S/C27H25BrFN7O5S/c1-15-30-11-17(12-31-15)16-6-7-21-20(8-16)26(27(39)34-42(2,40)41)33-36(21)14-25(38)35-13-18(29)9-22(35)23(37)10-19-4-3-5-24(28)32-19/h3-8,11-12,18,22H,9-10,13-14H2,1-2H3,(H,34,39)/t18-,22+/m1/s1. The molecule has 1 aliphatic rings. The van der Waals surface area contributed by atoms with Crippen LogP contribution in [-0.2, 0) is 32.6 Å². The number of benzene rings is 1. The maximum absolute atomic E-state index is 14.5. The number of carbonyl (C=O) groups is 3. The second-order valence-corrected chi connectivity index (χ2v) is 12.5. The SMILES string of the molecule is Cc1ncc(-c2ccc3c(c2)c(C(=O)NS(C)(=O)=O)nn3CC(=O)N2C[C@H](F)C[C@H]2C(=O)Cc2cccc(Br)n2)cn1. The number of halogens is 2. The van der Waals surface area contributed by atoms with Crippen LogP contribution in [0.15, 0.2) is 53.4 Å². The molecule has 4 heterocycles. The third kappa shape index (κ3) is 6.51. The zero-order chi connectivity index (χ0) is 30.2. The highest BCUT2D eigenvalue weighted by Crippen LogP contribution is 2.28. The van der Waals surface area contributed by atoms with Gasteiger partial charge in [0.15, 0.2) is 11.5 Å². The molecule has 15 heteroatoms. The minimum Gasteiger partial charge on any atom is -0.328 e. The fourth-order valence-corrected chi connectivity index (χ4v) is 5.65. The number of aryl methyl sites for hydroxylation is 1. The molecule has 3 aromatic heterocycles. The minimum atomic E-state index is -3.92. The smallest absolute Gasteiger partial charge is 0.285 e. The lowest BCUT2D eigenvalue weighted by Crippen LogP contribution is -2.43. The van der Waals surface area contributed by atoms with Gasteiger partial charge in [0.2, 0.25) is 15.9 Å². The maximum Gasteiger partial charge on any atom is 0.285 e. The molecule has 0 spiro atoms. The number of amides is 2. The molecule has 42 heavy (non-hydrogen) atoms. The topological polar surface area (TPSA) is 157 Å². The van der Waals surface area contributed by atoms with Crippen molar-refractivity contribution in [1.82, 2.24) is 34.4 Å². The summed E-state index contributed by atoms with van der Waals surface area (Å²) in [6.45, 7) is 1.06. The number of sulfonamides is 1. The summed E-state index contributed by atoms with van der Waals surface area (Å²) in [6, 6.07) is 9.11. The van der Waals surface area contributed by atoms with Crippen molar-refractivity contribution in [1.29, 1.82) is 0 Å². The summed E-state index contributed by atoms with van der Waals surface area (Å²) in [5, 5.41) is 4.55. The average Bonchev–Trinajstić information content (AvgIpc) is 3.49. The first-order valence-electron chi connectivity index (χ1n) is 12.8. The van der Waals surface area contributed by atoms with E-state index >= 15 is 0 Å². The molecule has 218 valence electrons. The fourth-order valence-electron chi connectivity index (χ4n) is 4.84.